The summed E-state index contributed by atoms with van der Waals surface area (Å²) in [5.74, 6) is -0.830. The maximum Gasteiger partial charge on any atom is 0.319 e. The first-order chi connectivity index (χ1) is 12.9. The lowest BCUT2D eigenvalue weighted by molar-refractivity contribution is -0.138. The molecule has 0 saturated carbocycles. The normalized spacial score (nSPS) is 16.3. The fourth-order valence-corrected chi connectivity index (χ4v) is 4.71. The van der Waals surface area contributed by atoms with Gasteiger partial charge in [0.05, 0.1) is 22.8 Å². The molecule has 3 aromatic rings. The molecule has 2 N–H and O–H groups in total. The van der Waals surface area contributed by atoms with E-state index in [1.54, 1.807) is 31.4 Å². The number of carboxylic acids is 1. The van der Waals surface area contributed by atoms with Crippen molar-refractivity contribution >= 4 is 51.7 Å². The molecule has 4 rings (SSSR count). The van der Waals surface area contributed by atoms with Gasteiger partial charge in [-0.25, -0.2) is 4.98 Å². The minimum absolute atomic E-state index is 0.164. The first kappa shape index (κ1) is 18.0. The van der Waals surface area contributed by atoms with Crippen LogP contribution >= 0.6 is 23.1 Å². The topological polar surface area (TPSA) is 75.1 Å². The Hall–Kier alpha value is -2.38. The van der Waals surface area contributed by atoms with Crippen LogP contribution in [-0.4, -0.2) is 31.8 Å². The zero-order valence-electron chi connectivity index (χ0n) is 15.0. The number of nitrogens with zero attached hydrogens (tertiary/aromatic N) is 2. The lowest BCUT2D eigenvalue weighted by atomic mass is 10.0. The third-order valence-corrected chi connectivity index (χ3v) is 6.52. The molecular weight excluding hydrogens is 378 g/mol. The molecule has 0 amide bonds. The van der Waals surface area contributed by atoms with E-state index in [1.807, 2.05) is 29.8 Å². The molecule has 0 aliphatic heterocycles. The van der Waals surface area contributed by atoms with E-state index in [0.717, 1.165) is 33.6 Å². The van der Waals surface area contributed by atoms with Gasteiger partial charge in [0.1, 0.15) is 4.75 Å². The summed E-state index contributed by atoms with van der Waals surface area (Å²) in [6.45, 7) is 3.43. The van der Waals surface area contributed by atoms with Crippen molar-refractivity contribution < 1.29 is 9.90 Å². The highest BCUT2D eigenvalue weighted by atomic mass is 32.2. The molecule has 138 valence electrons. The number of pyridine rings is 1. The molecule has 0 fully saturated rings. The lowest BCUT2D eigenvalue weighted by Gasteiger charge is -2.21. The van der Waals surface area contributed by atoms with Gasteiger partial charge in [-0.3, -0.25) is 9.78 Å². The number of aromatic nitrogens is 2. The molecular formula is C20H19N3O2S2. The van der Waals surface area contributed by atoms with Gasteiger partial charge in [0.15, 0.2) is 0 Å². The van der Waals surface area contributed by atoms with E-state index in [2.05, 4.69) is 27.4 Å². The van der Waals surface area contributed by atoms with Gasteiger partial charge in [-0.1, -0.05) is 6.08 Å². The number of thiazole rings is 1. The number of hydrogen-bond donors (Lipinski definition) is 2. The molecule has 1 aliphatic carbocycles. The van der Waals surface area contributed by atoms with Crippen LogP contribution in [0.25, 0.3) is 17.0 Å². The molecule has 1 atom stereocenters. The van der Waals surface area contributed by atoms with Gasteiger partial charge >= 0.3 is 5.97 Å². The van der Waals surface area contributed by atoms with Crippen molar-refractivity contribution in [2.45, 2.75) is 36.0 Å². The second kappa shape index (κ2) is 6.98. The highest BCUT2D eigenvalue weighted by molar-refractivity contribution is 8.01. The molecule has 5 nitrogen and oxygen atoms in total. The summed E-state index contributed by atoms with van der Waals surface area (Å²) in [6.07, 6.45) is 6.92. The van der Waals surface area contributed by atoms with Crippen molar-refractivity contribution in [3.63, 3.8) is 0 Å². The smallest absolute Gasteiger partial charge is 0.319 e. The Morgan fingerprint density at radius 3 is 3.00 bits per heavy atom. The number of anilines is 1. The van der Waals surface area contributed by atoms with Gasteiger partial charge in [0, 0.05) is 33.5 Å². The maximum absolute atomic E-state index is 11.4. The Balaban J connectivity index is 1.63. The summed E-state index contributed by atoms with van der Waals surface area (Å²) in [5.41, 5.74) is 4.88. The predicted octanol–water partition coefficient (Wildman–Crippen LogP) is 4.70. The highest BCUT2D eigenvalue weighted by Gasteiger charge is 2.28. The SMILES string of the molecule is CC(C)(Sc1ccc2nccc(NC3C=Cc4scnc4C3)c2c1)C(=O)O. The zero-order chi connectivity index (χ0) is 19.0. The largest absolute Gasteiger partial charge is 0.480 e. The van der Waals surface area contributed by atoms with E-state index >= 15 is 0 Å². The maximum atomic E-state index is 11.4. The van der Waals surface area contributed by atoms with Gasteiger partial charge in [-0.05, 0) is 44.2 Å². The molecule has 0 bridgehead atoms. The van der Waals surface area contributed by atoms with Crippen molar-refractivity contribution in [3.8, 4) is 0 Å². The van der Waals surface area contributed by atoms with Crippen molar-refractivity contribution in [1.29, 1.82) is 0 Å². The Morgan fingerprint density at radius 1 is 1.33 bits per heavy atom. The van der Waals surface area contributed by atoms with Gasteiger partial charge in [-0.2, -0.15) is 0 Å². The Bertz CT molecular complexity index is 1040. The van der Waals surface area contributed by atoms with Crippen LogP contribution in [0.1, 0.15) is 24.4 Å². The van der Waals surface area contributed by atoms with E-state index in [1.165, 1.54) is 16.6 Å². The molecule has 0 saturated heterocycles. The summed E-state index contributed by atoms with van der Waals surface area (Å²) in [6, 6.07) is 8.01. The number of hydrogen-bond acceptors (Lipinski definition) is 6. The van der Waals surface area contributed by atoms with E-state index in [4.69, 9.17) is 0 Å². The zero-order valence-corrected chi connectivity index (χ0v) is 16.6. The van der Waals surface area contributed by atoms with Crippen molar-refractivity contribution in [2.75, 3.05) is 5.32 Å². The van der Waals surface area contributed by atoms with Crippen molar-refractivity contribution in [1.82, 2.24) is 9.97 Å². The third kappa shape index (κ3) is 3.70. The summed E-state index contributed by atoms with van der Waals surface area (Å²) >= 11 is 3.00. The van der Waals surface area contributed by atoms with Crippen LogP contribution in [-0.2, 0) is 11.2 Å². The van der Waals surface area contributed by atoms with E-state index in [-0.39, 0.29) is 6.04 Å². The van der Waals surface area contributed by atoms with E-state index in [9.17, 15) is 9.90 Å². The van der Waals surface area contributed by atoms with Gasteiger partial charge in [-0.15, -0.1) is 23.1 Å². The Labute approximate surface area is 165 Å². The molecule has 0 radical (unpaired) electrons. The third-order valence-electron chi connectivity index (χ3n) is 4.51. The standard InChI is InChI=1S/C20H19N3O2S2/c1-20(2,19(24)25)27-13-4-5-15-14(10-13)16(7-8-21-15)23-12-3-6-18-17(9-12)22-11-26-18/h3-8,10-12H,9H2,1-2H3,(H,21,23)(H,24,25). The number of rotatable bonds is 5. The summed E-state index contributed by atoms with van der Waals surface area (Å²) < 4.78 is -0.892. The van der Waals surface area contributed by atoms with Crippen LogP contribution in [0, 0.1) is 0 Å². The minimum atomic E-state index is -0.892. The summed E-state index contributed by atoms with van der Waals surface area (Å²) in [7, 11) is 0. The molecule has 27 heavy (non-hydrogen) atoms. The number of nitrogens with one attached hydrogen (secondary N) is 1. The van der Waals surface area contributed by atoms with Gasteiger partial charge in [0.2, 0.25) is 0 Å². The van der Waals surface area contributed by atoms with Gasteiger partial charge < -0.3 is 10.4 Å². The number of thioether (sulfide) groups is 1. The number of fused-ring (bicyclic) bond motifs is 2. The Kier molecular flexibility index (Phi) is 4.65. The highest BCUT2D eigenvalue weighted by Crippen LogP contribution is 2.36. The predicted molar refractivity (Wildman–Crippen MR) is 112 cm³/mol. The lowest BCUT2D eigenvalue weighted by Crippen LogP contribution is -2.26. The second-order valence-electron chi connectivity index (χ2n) is 6.93. The molecule has 7 heteroatoms. The molecule has 1 aliphatic rings. The average molecular weight is 398 g/mol. The summed E-state index contributed by atoms with van der Waals surface area (Å²) in [5, 5.41) is 14.0. The number of carbonyl (C=O) groups is 1. The molecule has 1 aromatic carbocycles. The quantitative estimate of drug-likeness (QED) is 0.608. The van der Waals surface area contributed by atoms with Crippen LogP contribution in [0.4, 0.5) is 5.69 Å². The second-order valence-corrected chi connectivity index (χ2v) is 9.51. The fraction of sp³-hybridized carbons (Fsp3) is 0.250. The van der Waals surface area contributed by atoms with Crippen LogP contribution in [0.15, 0.2) is 46.9 Å². The van der Waals surface area contributed by atoms with Crippen molar-refractivity contribution in [2.24, 2.45) is 0 Å². The first-order valence-electron chi connectivity index (χ1n) is 8.61. The van der Waals surface area contributed by atoms with Crippen molar-refractivity contribution in [3.05, 3.63) is 52.6 Å². The van der Waals surface area contributed by atoms with Crippen LogP contribution in [0.2, 0.25) is 0 Å². The number of benzene rings is 1. The van der Waals surface area contributed by atoms with Crippen LogP contribution in [0.5, 0.6) is 0 Å². The van der Waals surface area contributed by atoms with Gasteiger partial charge in [0.25, 0.3) is 0 Å². The molecule has 0 spiro atoms. The fourth-order valence-electron chi connectivity index (χ4n) is 3.00. The minimum Gasteiger partial charge on any atom is -0.480 e. The Morgan fingerprint density at radius 2 is 2.19 bits per heavy atom. The molecule has 2 heterocycles. The molecule has 2 aromatic heterocycles. The molecule has 1 unspecified atom stereocenters. The van der Waals surface area contributed by atoms with Crippen LogP contribution < -0.4 is 5.32 Å². The van der Waals surface area contributed by atoms with E-state index in [0.29, 0.717) is 0 Å². The van der Waals surface area contributed by atoms with Crippen LogP contribution in [0.3, 0.4) is 0 Å². The average Bonchev–Trinajstić information content (AvgIpc) is 3.09. The first-order valence-corrected chi connectivity index (χ1v) is 10.3. The van der Waals surface area contributed by atoms with E-state index < -0.39 is 10.7 Å². The number of aliphatic carboxylic acids is 1. The monoisotopic (exact) mass is 397 g/mol. The number of carboxylic acid groups (broad SMARTS) is 1. The summed E-state index contributed by atoms with van der Waals surface area (Å²) in [4.78, 5) is 22.5.